The van der Waals surface area contributed by atoms with Gasteiger partial charge in [0.2, 0.25) is 0 Å². The molecule has 0 bridgehead atoms. The minimum absolute atomic E-state index is 0.139. The van der Waals surface area contributed by atoms with Crippen LogP contribution in [0.3, 0.4) is 0 Å². The summed E-state index contributed by atoms with van der Waals surface area (Å²) in [6.45, 7) is 1.70. The first kappa shape index (κ1) is 22.3. The third kappa shape index (κ3) is 5.98. The first-order valence-corrected chi connectivity index (χ1v) is 8.85. The van der Waals surface area contributed by atoms with Gasteiger partial charge in [0.25, 0.3) is 5.91 Å². The van der Waals surface area contributed by atoms with Crippen LogP contribution in [0.5, 0.6) is 11.5 Å². The molecule has 0 fully saturated rings. The average molecular weight is 411 g/mol. The number of hydrogen-bond acceptors (Lipinski definition) is 7. The van der Waals surface area contributed by atoms with Crippen molar-refractivity contribution < 1.29 is 29.4 Å². The summed E-state index contributed by atoms with van der Waals surface area (Å²) in [4.78, 5) is 23.7. The summed E-state index contributed by atoms with van der Waals surface area (Å²) in [6, 6.07) is 12.7. The lowest BCUT2D eigenvalue weighted by atomic mass is 9.96. The quantitative estimate of drug-likeness (QED) is 0.311. The minimum Gasteiger partial charge on any atom is -0.504 e. The average Bonchev–Trinajstić information content (AvgIpc) is 2.76. The van der Waals surface area contributed by atoms with Gasteiger partial charge in [-0.25, -0.2) is 10.3 Å². The van der Waals surface area contributed by atoms with E-state index in [0.717, 1.165) is 6.08 Å². The van der Waals surface area contributed by atoms with Crippen molar-refractivity contribution in [2.45, 2.75) is 13.0 Å². The number of nitriles is 1. The fourth-order valence-corrected chi connectivity index (χ4v) is 2.63. The smallest absolute Gasteiger partial charge is 0.412 e. The number of aromatic hydroxyl groups is 1. The van der Waals surface area contributed by atoms with Gasteiger partial charge < -0.3 is 14.6 Å². The molecule has 0 aromatic heterocycles. The molecule has 156 valence electrons. The van der Waals surface area contributed by atoms with E-state index in [1.165, 1.54) is 30.8 Å². The Hall–Kier alpha value is -4.03. The summed E-state index contributed by atoms with van der Waals surface area (Å²) in [5.41, 5.74) is 2.82. The Bertz CT molecular complexity index is 966. The van der Waals surface area contributed by atoms with E-state index in [0.29, 0.717) is 16.8 Å². The van der Waals surface area contributed by atoms with Crippen molar-refractivity contribution in [1.29, 1.82) is 5.26 Å². The molecule has 0 spiro atoms. The third-order valence-electron chi connectivity index (χ3n) is 4.16. The molecule has 0 unspecified atom stereocenters. The standard InChI is InChI=1S/C21H21N3O6/c1-13(3-10-19(26)24-28)20(15-6-9-18(29-2)17(25)11-15)30-21(27)23-16-7-4-14(12-22)5-8-16/h3-11,13,20,25,28H,1-2H3,(H,23,27)(H,24,26)/b10-3+/t13-,20-/m1/s1. The number of hydrogen-bond donors (Lipinski definition) is 4. The van der Waals surface area contributed by atoms with Crippen LogP contribution in [0.15, 0.2) is 54.6 Å². The van der Waals surface area contributed by atoms with Gasteiger partial charge in [-0.3, -0.25) is 15.3 Å². The maximum atomic E-state index is 12.4. The molecular formula is C21H21N3O6. The van der Waals surface area contributed by atoms with Crippen LogP contribution in [0.2, 0.25) is 0 Å². The molecule has 2 amide bonds. The van der Waals surface area contributed by atoms with Crippen LogP contribution in [0.25, 0.3) is 0 Å². The molecule has 9 nitrogen and oxygen atoms in total. The monoisotopic (exact) mass is 411 g/mol. The number of carbonyl (C=O) groups excluding carboxylic acids is 2. The molecular weight excluding hydrogens is 390 g/mol. The van der Waals surface area contributed by atoms with Gasteiger partial charge in [0, 0.05) is 17.7 Å². The molecule has 2 aromatic rings. The summed E-state index contributed by atoms with van der Waals surface area (Å²) < 4.78 is 10.6. The van der Waals surface area contributed by atoms with Gasteiger partial charge in [-0.1, -0.05) is 19.1 Å². The van der Waals surface area contributed by atoms with Crippen molar-refractivity contribution in [3.8, 4) is 17.6 Å². The first-order chi connectivity index (χ1) is 14.4. The Kier molecular flexibility index (Phi) is 7.79. The van der Waals surface area contributed by atoms with Crippen molar-refractivity contribution in [3.63, 3.8) is 0 Å². The van der Waals surface area contributed by atoms with Crippen LogP contribution in [0.1, 0.15) is 24.2 Å². The van der Waals surface area contributed by atoms with Crippen molar-refractivity contribution in [2.75, 3.05) is 12.4 Å². The van der Waals surface area contributed by atoms with Crippen molar-refractivity contribution in [1.82, 2.24) is 5.48 Å². The van der Waals surface area contributed by atoms with Gasteiger partial charge in [0.15, 0.2) is 11.5 Å². The second-order valence-electron chi connectivity index (χ2n) is 6.27. The number of carbonyl (C=O) groups is 2. The summed E-state index contributed by atoms with van der Waals surface area (Å²) in [7, 11) is 1.41. The molecule has 4 N–H and O–H groups in total. The predicted molar refractivity (Wildman–Crippen MR) is 107 cm³/mol. The van der Waals surface area contributed by atoms with Gasteiger partial charge in [0.05, 0.1) is 18.7 Å². The number of benzene rings is 2. The Labute approximate surface area is 173 Å². The van der Waals surface area contributed by atoms with E-state index >= 15 is 0 Å². The van der Waals surface area contributed by atoms with Crippen LogP contribution in [0, 0.1) is 17.2 Å². The SMILES string of the molecule is COc1ccc([C@H](OC(=O)Nc2ccc(C#N)cc2)[C@H](C)/C=C/C(=O)NO)cc1O. The van der Waals surface area contributed by atoms with Crippen molar-refractivity contribution in [3.05, 3.63) is 65.7 Å². The van der Waals surface area contributed by atoms with E-state index < -0.39 is 24.0 Å². The van der Waals surface area contributed by atoms with E-state index in [9.17, 15) is 14.7 Å². The summed E-state index contributed by atoms with van der Waals surface area (Å²) in [6.07, 6.45) is 0.907. The Balaban J connectivity index is 2.24. The number of anilines is 1. The number of phenols is 1. The number of hydroxylamine groups is 1. The molecule has 0 radical (unpaired) electrons. The van der Waals surface area contributed by atoms with Gasteiger partial charge in [-0.15, -0.1) is 0 Å². The Morgan fingerprint density at radius 1 is 1.20 bits per heavy atom. The van der Waals surface area contributed by atoms with Crippen molar-refractivity contribution >= 4 is 17.7 Å². The van der Waals surface area contributed by atoms with Crippen LogP contribution in [0.4, 0.5) is 10.5 Å². The largest absolute Gasteiger partial charge is 0.504 e. The van der Waals surface area contributed by atoms with E-state index in [4.69, 9.17) is 19.9 Å². The second kappa shape index (κ2) is 10.5. The van der Waals surface area contributed by atoms with E-state index in [1.807, 2.05) is 6.07 Å². The van der Waals surface area contributed by atoms with Gasteiger partial charge in [0.1, 0.15) is 6.10 Å². The number of amides is 2. The number of methoxy groups -OCH3 is 1. The number of nitrogens with one attached hydrogen (secondary N) is 2. The molecule has 30 heavy (non-hydrogen) atoms. The predicted octanol–water partition coefficient (Wildman–Crippen LogP) is 3.26. The molecule has 0 aliphatic heterocycles. The maximum absolute atomic E-state index is 12.4. The number of phenolic OH excluding ortho intramolecular Hbond substituents is 1. The summed E-state index contributed by atoms with van der Waals surface area (Å²) >= 11 is 0. The number of ether oxygens (including phenoxy) is 2. The minimum atomic E-state index is -0.872. The fourth-order valence-electron chi connectivity index (χ4n) is 2.63. The summed E-state index contributed by atoms with van der Waals surface area (Å²) in [5.74, 6) is -1.12. The van der Waals surface area contributed by atoms with Gasteiger partial charge >= 0.3 is 6.09 Å². The molecule has 0 aliphatic rings. The molecule has 0 heterocycles. The number of nitrogens with zero attached hydrogens (tertiary/aromatic N) is 1. The van der Waals surface area contributed by atoms with Gasteiger partial charge in [-0.2, -0.15) is 5.26 Å². The van der Waals surface area contributed by atoms with Gasteiger partial charge in [-0.05, 0) is 42.0 Å². The molecule has 0 aliphatic carbocycles. The van der Waals surface area contributed by atoms with Crippen LogP contribution < -0.4 is 15.5 Å². The first-order valence-electron chi connectivity index (χ1n) is 8.85. The zero-order valence-corrected chi connectivity index (χ0v) is 16.3. The molecule has 2 atom stereocenters. The normalized spacial score (nSPS) is 12.5. The highest BCUT2D eigenvalue weighted by atomic mass is 16.6. The third-order valence-corrected chi connectivity index (χ3v) is 4.16. The molecule has 2 aromatic carbocycles. The number of rotatable bonds is 7. The highest BCUT2D eigenvalue weighted by Gasteiger charge is 2.24. The highest BCUT2D eigenvalue weighted by molar-refractivity contribution is 5.86. The zero-order valence-electron chi connectivity index (χ0n) is 16.3. The zero-order chi connectivity index (χ0) is 22.1. The van der Waals surface area contributed by atoms with E-state index in [1.54, 1.807) is 37.3 Å². The van der Waals surface area contributed by atoms with E-state index in [-0.39, 0.29) is 11.5 Å². The van der Waals surface area contributed by atoms with Crippen LogP contribution in [-0.2, 0) is 9.53 Å². The second-order valence-corrected chi connectivity index (χ2v) is 6.27. The molecule has 0 saturated carbocycles. The summed E-state index contributed by atoms with van der Waals surface area (Å²) in [5, 5.41) is 30.1. The molecule has 2 rings (SSSR count). The molecule has 0 saturated heterocycles. The lowest BCUT2D eigenvalue weighted by molar-refractivity contribution is -0.124. The van der Waals surface area contributed by atoms with Crippen LogP contribution >= 0.6 is 0 Å². The fraction of sp³-hybridized carbons (Fsp3) is 0.190. The van der Waals surface area contributed by atoms with Crippen molar-refractivity contribution in [2.24, 2.45) is 5.92 Å². The Morgan fingerprint density at radius 2 is 1.90 bits per heavy atom. The topological polar surface area (TPSA) is 141 Å². The lowest BCUT2D eigenvalue weighted by Gasteiger charge is -2.23. The molecule has 9 heteroatoms. The Morgan fingerprint density at radius 3 is 2.47 bits per heavy atom. The lowest BCUT2D eigenvalue weighted by Crippen LogP contribution is -2.22. The van der Waals surface area contributed by atoms with Crippen LogP contribution in [-0.4, -0.2) is 29.4 Å². The van der Waals surface area contributed by atoms with E-state index in [2.05, 4.69) is 5.32 Å². The highest BCUT2D eigenvalue weighted by Crippen LogP contribution is 2.34. The maximum Gasteiger partial charge on any atom is 0.412 e.